The summed E-state index contributed by atoms with van der Waals surface area (Å²) in [6.45, 7) is 3.30. The van der Waals surface area contributed by atoms with E-state index in [0.29, 0.717) is 12.6 Å². The third kappa shape index (κ3) is 7.28. The Bertz CT molecular complexity index is 1150. The lowest BCUT2D eigenvalue weighted by Gasteiger charge is -2.45. The maximum atomic E-state index is 12.5. The van der Waals surface area contributed by atoms with Gasteiger partial charge in [0.05, 0.1) is 38.3 Å². The number of likely N-dealkylation sites (tertiary alicyclic amines) is 1. The molecule has 2 fully saturated rings. The molecule has 1 saturated carbocycles. The van der Waals surface area contributed by atoms with Gasteiger partial charge in [-0.3, -0.25) is 9.97 Å². The lowest BCUT2D eigenvalue weighted by Crippen LogP contribution is -2.53. The highest BCUT2D eigenvalue weighted by molar-refractivity contribution is 5.74. The highest BCUT2D eigenvalue weighted by Gasteiger charge is 2.50. The number of aromatic nitrogens is 2. The molecule has 2 amide bonds. The molecule has 3 N–H and O–H groups in total. The van der Waals surface area contributed by atoms with Gasteiger partial charge in [-0.2, -0.15) is 13.2 Å². The minimum Gasteiger partial charge on any atom is -0.493 e. The van der Waals surface area contributed by atoms with Crippen molar-refractivity contribution in [2.24, 2.45) is 0 Å². The van der Waals surface area contributed by atoms with Crippen molar-refractivity contribution >= 4 is 12.0 Å². The summed E-state index contributed by atoms with van der Waals surface area (Å²) in [5.74, 6) is -1.24. The summed E-state index contributed by atoms with van der Waals surface area (Å²) in [7, 11) is 5.53. The molecule has 2 aliphatic rings. The molecular weight excluding hydrogens is 519 g/mol. The quantitative estimate of drug-likeness (QED) is 0.497. The molecule has 39 heavy (non-hydrogen) atoms. The van der Waals surface area contributed by atoms with Gasteiger partial charge in [-0.05, 0) is 63.9 Å². The van der Waals surface area contributed by atoms with E-state index in [9.17, 15) is 18.0 Å². The Hall–Kier alpha value is -3.61. The van der Waals surface area contributed by atoms with Gasteiger partial charge in [0.1, 0.15) is 0 Å². The van der Waals surface area contributed by atoms with Gasteiger partial charge in [0.15, 0.2) is 11.5 Å². The first-order valence-electron chi connectivity index (χ1n) is 12.4. The summed E-state index contributed by atoms with van der Waals surface area (Å²) in [5.41, 5.74) is 2.97. The van der Waals surface area contributed by atoms with Crippen molar-refractivity contribution in [3.05, 3.63) is 47.5 Å². The summed E-state index contributed by atoms with van der Waals surface area (Å²) in [6, 6.07) is 6.66. The number of carbonyl (C=O) groups is 2. The second-order valence-corrected chi connectivity index (χ2v) is 9.72. The molecule has 1 aromatic carbocycles. The van der Waals surface area contributed by atoms with Crippen LogP contribution in [0.25, 0.3) is 0 Å². The van der Waals surface area contributed by atoms with E-state index in [1.165, 1.54) is 5.56 Å². The Labute approximate surface area is 224 Å². The number of fused-ring (bicyclic) bond motifs is 1. The van der Waals surface area contributed by atoms with Gasteiger partial charge in [-0.15, -0.1) is 0 Å². The van der Waals surface area contributed by atoms with Crippen molar-refractivity contribution in [3.63, 3.8) is 0 Å². The fraction of sp³-hybridized carbons (Fsp3) is 0.538. The van der Waals surface area contributed by atoms with Crippen LogP contribution in [0.5, 0.6) is 11.5 Å². The number of rotatable bonds is 6. The summed E-state index contributed by atoms with van der Waals surface area (Å²) < 4.78 is 42.7. The predicted octanol–water partition coefficient (Wildman–Crippen LogP) is 3.43. The molecule has 1 aliphatic heterocycles. The Morgan fingerprint density at radius 1 is 1.15 bits per heavy atom. The molecule has 1 aliphatic carbocycles. The summed E-state index contributed by atoms with van der Waals surface area (Å²) >= 11 is 0. The third-order valence-corrected chi connectivity index (χ3v) is 7.33. The highest BCUT2D eigenvalue weighted by Crippen LogP contribution is 2.49. The number of nitrogens with zero attached hydrogens (tertiary/aromatic N) is 3. The standard InChI is InChI=1S/C24H33N5O3.C2HF3O2/c1-16-13-26-19(14-25-16)15-27-23(30)28-18-7-8-24(9-10-29(2)22(24)12-18)17-5-6-20(31-3)21(11-17)32-4;3-2(4,5)1(6)7/h5-6,11,13-14,18,22H,7-10,12,15H2,1-4H3,(H2,27,28,30);(H,6,7). The number of aliphatic carboxylic acids is 1. The van der Waals surface area contributed by atoms with Crippen molar-refractivity contribution in [2.45, 2.75) is 62.8 Å². The number of halogens is 3. The molecular formula is C26H34F3N5O5. The number of hydrogen-bond donors (Lipinski definition) is 3. The first-order valence-corrected chi connectivity index (χ1v) is 12.4. The first kappa shape index (κ1) is 29.9. The third-order valence-electron chi connectivity index (χ3n) is 7.33. The highest BCUT2D eigenvalue weighted by atomic mass is 19.4. The number of methoxy groups -OCH3 is 2. The normalized spacial score (nSPS) is 22.6. The number of likely N-dealkylation sites (N-methyl/N-ethyl adjacent to an activating group) is 1. The van der Waals surface area contributed by atoms with Crippen LogP contribution in [0.4, 0.5) is 18.0 Å². The molecule has 2 aromatic rings. The second-order valence-electron chi connectivity index (χ2n) is 9.72. The van der Waals surface area contributed by atoms with E-state index in [0.717, 1.165) is 55.1 Å². The Kier molecular flexibility index (Phi) is 9.59. The van der Waals surface area contributed by atoms with Crippen LogP contribution in [0.15, 0.2) is 30.6 Å². The van der Waals surface area contributed by atoms with Crippen molar-refractivity contribution in [2.75, 3.05) is 27.8 Å². The molecule has 13 heteroatoms. The summed E-state index contributed by atoms with van der Waals surface area (Å²) in [6.07, 6.45) is 2.31. The van der Waals surface area contributed by atoms with Crippen LogP contribution in [0.1, 0.15) is 42.6 Å². The molecule has 1 saturated heterocycles. The summed E-state index contributed by atoms with van der Waals surface area (Å²) in [4.78, 5) is 32.4. The van der Waals surface area contributed by atoms with Crippen LogP contribution >= 0.6 is 0 Å². The number of alkyl halides is 3. The number of aryl methyl sites for hydroxylation is 1. The lowest BCUT2D eigenvalue weighted by atomic mass is 9.65. The maximum Gasteiger partial charge on any atom is 0.490 e. The average molecular weight is 554 g/mol. The zero-order chi connectivity index (χ0) is 28.8. The number of benzene rings is 1. The van der Waals surface area contributed by atoms with Gasteiger partial charge in [0.2, 0.25) is 0 Å². The van der Waals surface area contributed by atoms with E-state index in [-0.39, 0.29) is 17.5 Å². The Balaban J connectivity index is 0.000000532. The minimum atomic E-state index is -5.08. The number of amides is 2. The van der Waals surface area contributed by atoms with Crippen LogP contribution in [0, 0.1) is 6.92 Å². The smallest absolute Gasteiger partial charge is 0.490 e. The van der Waals surface area contributed by atoms with Crippen molar-refractivity contribution in [1.29, 1.82) is 0 Å². The average Bonchev–Trinajstić information content (AvgIpc) is 3.24. The molecule has 4 rings (SSSR count). The molecule has 1 aromatic heterocycles. The van der Waals surface area contributed by atoms with E-state index < -0.39 is 12.1 Å². The van der Waals surface area contributed by atoms with E-state index >= 15 is 0 Å². The van der Waals surface area contributed by atoms with Gasteiger partial charge in [0, 0.05) is 23.7 Å². The molecule has 0 spiro atoms. The van der Waals surface area contributed by atoms with E-state index in [1.54, 1.807) is 26.6 Å². The number of urea groups is 1. The zero-order valence-corrected chi connectivity index (χ0v) is 22.3. The van der Waals surface area contributed by atoms with Gasteiger partial charge >= 0.3 is 18.2 Å². The Morgan fingerprint density at radius 3 is 2.44 bits per heavy atom. The maximum absolute atomic E-state index is 12.5. The Morgan fingerprint density at radius 2 is 1.85 bits per heavy atom. The van der Waals surface area contributed by atoms with Gasteiger partial charge in [0.25, 0.3) is 0 Å². The molecule has 3 unspecified atom stereocenters. The van der Waals surface area contributed by atoms with Gasteiger partial charge in [-0.1, -0.05) is 6.07 Å². The molecule has 2 heterocycles. The molecule has 214 valence electrons. The minimum absolute atomic E-state index is 0.0699. The predicted molar refractivity (Wildman–Crippen MR) is 136 cm³/mol. The number of carboxylic acid groups (broad SMARTS) is 1. The molecule has 10 nitrogen and oxygen atoms in total. The fourth-order valence-electron chi connectivity index (χ4n) is 5.31. The van der Waals surface area contributed by atoms with Crippen molar-refractivity contribution in [3.8, 4) is 11.5 Å². The number of carboxylic acids is 1. The SMILES string of the molecule is COc1ccc(C23CCC(NC(=O)NCc4cnc(C)cn4)CC2N(C)CC3)cc1OC.O=C(O)C(F)(F)F. The van der Waals surface area contributed by atoms with E-state index in [2.05, 4.69) is 44.7 Å². The molecule has 0 bridgehead atoms. The molecule has 3 atom stereocenters. The fourth-order valence-corrected chi connectivity index (χ4v) is 5.31. The zero-order valence-electron chi connectivity index (χ0n) is 22.3. The first-order chi connectivity index (χ1) is 18.4. The second kappa shape index (κ2) is 12.5. The van der Waals surface area contributed by atoms with Gasteiger partial charge < -0.3 is 30.1 Å². The largest absolute Gasteiger partial charge is 0.493 e. The molecule has 0 radical (unpaired) electrons. The van der Waals surface area contributed by atoms with E-state index in [1.807, 2.05) is 13.0 Å². The van der Waals surface area contributed by atoms with Crippen molar-refractivity contribution in [1.82, 2.24) is 25.5 Å². The lowest BCUT2D eigenvalue weighted by molar-refractivity contribution is -0.192. The van der Waals surface area contributed by atoms with Crippen LogP contribution in [-0.4, -0.2) is 78.0 Å². The van der Waals surface area contributed by atoms with E-state index in [4.69, 9.17) is 19.4 Å². The van der Waals surface area contributed by atoms with Crippen LogP contribution < -0.4 is 20.1 Å². The number of ether oxygens (including phenoxy) is 2. The number of nitrogens with one attached hydrogen (secondary N) is 2. The topological polar surface area (TPSA) is 126 Å². The monoisotopic (exact) mass is 553 g/mol. The van der Waals surface area contributed by atoms with Crippen LogP contribution in [0.3, 0.4) is 0 Å². The van der Waals surface area contributed by atoms with Gasteiger partial charge in [-0.25, -0.2) is 9.59 Å². The number of carbonyl (C=O) groups excluding carboxylic acids is 1. The van der Waals surface area contributed by atoms with Crippen molar-refractivity contribution < 1.29 is 37.3 Å². The van der Waals surface area contributed by atoms with Crippen LogP contribution in [0.2, 0.25) is 0 Å². The summed E-state index contributed by atoms with van der Waals surface area (Å²) in [5, 5.41) is 13.2. The number of hydrogen-bond acceptors (Lipinski definition) is 7. The van der Waals surface area contributed by atoms with Crippen LogP contribution in [-0.2, 0) is 16.8 Å².